The molecule has 0 saturated carbocycles. The maximum Gasteiger partial charge on any atom is 0.241 e. The summed E-state index contributed by atoms with van der Waals surface area (Å²) in [6.07, 6.45) is 2.44. The number of amides is 1. The second kappa shape index (κ2) is 9.09. The molecule has 8 nitrogen and oxygen atoms in total. The van der Waals surface area contributed by atoms with Crippen molar-refractivity contribution in [3.63, 3.8) is 0 Å². The number of hydrogen-bond donors (Lipinski definition) is 2. The van der Waals surface area contributed by atoms with Gasteiger partial charge in [0.25, 0.3) is 0 Å². The lowest BCUT2D eigenvalue weighted by Gasteiger charge is -2.32. The summed E-state index contributed by atoms with van der Waals surface area (Å²) in [7, 11) is -3.87. The number of nitrogens with one attached hydrogen (secondary N) is 1. The summed E-state index contributed by atoms with van der Waals surface area (Å²) in [5, 5.41) is 0. The van der Waals surface area contributed by atoms with E-state index in [2.05, 4.69) is 4.72 Å². The lowest BCUT2D eigenvalue weighted by atomic mass is 10.1. The van der Waals surface area contributed by atoms with Gasteiger partial charge in [0.05, 0.1) is 24.2 Å². The average molecular weight is 420 g/mol. The Bertz CT molecular complexity index is 774. The Morgan fingerprint density at radius 1 is 1.26 bits per heavy atom. The number of carbonyl (C=O) groups is 1. The molecule has 2 heterocycles. The second-order valence-electron chi connectivity index (χ2n) is 6.69. The monoisotopic (exact) mass is 419 g/mol. The highest BCUT2D eigenvalue weighted by Crippen LogP contribution is 2.31. The van der Waals surface area contributed by atoms with Gasteiger partial charge in [-0.3, -0.25) is 4.79 Å². The third-order valence-electron chi connectivity index (χ3n) is 4.50. The second-order valence-corrected chi connectivity index (χ2v) is 8.40. The zero-order valence-electron chi connectivity index (χ0n) is 15.2. The molecule has 152 valence electrons. The van der Waals surface area contributed by atoms with E-state index in [-0.39, 0.29) is 29.3 Å². The molecule has 2 aliphatic rings. The zero-order valence-corrected chi connectivity index (χ0v) is 16.9. The van der Waals surface area contributed by atoms with Crippen LogP contribution in [-0.2, 0) is 14.8 Å². The van der Waals surface area contributed by atoms with E-state index in [1.165, 1.54) is 12.1 Å². The van der Waals surface area contributed by atoms with Crippen LogP contribution in [0.4, 0.5) is 0 Å². The van der Waals surface area contributed by atoms with Crippen LogP contribution in [0.5, 0.6) is 11.5 Å². The van der Waals surface area contributed by atoms with E-state index in [0.717, 1.165) is 19.3 Å². The number of ether oxygens (including phenoxy) is 2. The number of piperidine rings is 1. The fourth-order valence-electron chi connectivity index (χ4n) is 3.15. The summed E-state index contributed by atoms with van der Waals surface area (Å²) in [4.78, 5) is 14.2. The quantitative estimate of drug-likeness (QED) is 0.749. The SMILES string of the molecule is CC(NS(=O)(=O)c1ccc2c(c1)OCCCO2)C(=O)N1CCCC(N)C1.Cl. The largest absolute Gasteiger partial charge is 0.490 e. The van der Waals surface area contributed by atoms with E-state index in [4.69, 9.17) is 15.2 Å². The van der Waals surface area contributed by atoms with E-state index in [0.29, 0.717) is 37.8 Å². The predicted molar refractivity (Wildman–Crippen MR) is 103 cm³/mol. The van der Waals surface area contributed by atoms with E-state index < -0.39 is 16.1 Å². The van der Waals surface area contributed by atoms with E-state index >= 15 is 0 Å². The zero-order chi connectivity index (χ0) is 18.7. The predicted octanol–water partition coefficient (Wildman–Crippen LogP) is 0.886. The number of fused-ring (bicyclic) bond motifs is 1. The van der Waals surface area contributed by atoms with Crippen molar-refractivity contribution >= 4 is 28.3 Å². The highest BCUT2D eigenvalue weighted by atomic mass is 35.5. The van der Waals surface area contributed by atoms with Gasteiger partial charge in [-0.05, 0) is 31.9 Å². The molecule has 0 aromatic heterocycles. The van der Waals surface area contributed by atoms with Gasteiger partial charge in [-0.2, -0.15) is 4.72 Å². The first kappa shape index (κ1) is 21.7. The molecule has 27 heavy (non-hydrogen) atoms. The first-order valence-corrected chi connectivity index (χ1v) is 10.3. The van der Waals surface area contributed by atoms with Crippen LogP contribution >= 0.6 is 12.4 Å². The lowest BCUT2D eigenvalue weighted by Crippen LogP contribution is -2.52. The Hall–Kier alpha value is -1.55. The fraction of sp³-hybridized carbons (Fsp3) is 0.588. The number of likely N-dealkylation sites (tertiary alicyclic amines) is 1. The molecule has 10 heteroatoms. The third-order valence-corrected chi connectivity index (χ3v) is 6.04. The summed E-state index contributed by atoms with van der Waals surface area (Å²) in [6.45, 7) is 3.59. The minimum atomic E-state index is -3.87. The molecule has 1 fully saturated rings. The Morgan fingerprint density at radius 3 is 2.67 bits per heavy atom. The van der Waals surface area contributed by atoms with Crippen molar-refractivity contribution in [2.24, 2.45) is 5.73 Å². The summed E-state index contributed by atoms with van der Waals surface area (Å²) >= 11 is 0. The number of nitrogens with zero attached hydrogens (tertiary/aromatic N) is 1. The molecule has 0 spiro atoms. The van der Waals surface area contributed by atoms with Crippen molar-refractivity contribution < 1.29 is 22.7 Å². The first-order chi connectivity index (χ1) is 12.4. The number of nitrogens with two attached hydrogens (primary N) is 1. The minimum absolute atomic E-state index is 0. The van der Waals surface area contributed by atoms with Crippen molar-refractivity contribution in [1.29, 1.82) is 0 Å². The number of benzene rings is 1. The number of rotatable bonds is 4. The summed E-state index contributed by atoms with van der Waals surface area (Å²) in [5.41, 5.74) is 5.90. The van der Waals surface area contributed by atoms with Gasteiger partial charge in [-0.1, -0.05) is 0 Å². The Morgan fingerprint density at radius 2 is 1.96 bits per heavy atom. The van der Waals surface area contributed by atoms with Crippen LogP contribution in [0.3, 0.4) is 0 Å². The Labute approximate surface area is 165 Å². The summed E-state index contributed by atoms with van der Waals surface area (Å²) in [6, 6.07) is 3.52. The fourth-order valence-corrected chi connectivity index (χ4v) is 4.36. The average Bonchev–Trinajstić information content (AvgIpc) is 2.85. The molecule has 3 N–H and O–H groups in total. The highest BCUT2D eigenvalue weighted by molar-refractivity contribution is 7.89. The van der Waals surface area contributed by atoms with E-state index in [1.54, 1.807) is 17.9 Å². The van der Waals surface area contributed by atoms with Crippen molar-refractivity contribution in [1.82, 2.24) is 9.62 Å². The van der Waals surface area contributed by atoms with Crippen LogP contribution < -0.4 is 19.9 Å². The van der Waals surface area contributed by atoms with Crippen LogP contribution in [-0.4, -0.2) is 57.6 Å². The molecule has 1 aromatic carbocycles. The molecule has 2 atom stereocenters. The topological polar surface area (TPSA) is 111 Å². The normalized spacial score (nSPS) is 21.0. The molecule has 0 bridgehead atoms. The molecule has 1 amide bonds. The third kappa shape index (κ3) is 5.25. The Kier molecular flexibility index (Phi) is 7.32. The number of halogens is 1. The molecular weight excluding hydrogens is 394 g/mol. The van der Waals surface area contributed by atoms with Gasteiger partial charge in [0.1, 0.15) is 0 Å². The van der Waals surface area contributed by atoms with Gasteiger partial charge >= 0.3 is 0 Å². The molecule has 3 rings (SSSR count). The smallest absolute Gasteiger partial charge is 0.241 e. The van der Waals surface area contributed by atoms with Crippen LogP contribution in [0.15, 0.2) is 23.1 Å². The van der Waals surface area contributed by atoms with Gasteiger partial charge in [-0.25, -0.2) is 8.42 Å². The van der Waals surface area contributed by atoms with Crippen molar-refractivity contribution in [2.45, 2.75) is 43.2 Å². The van der Waals surface area contributed by atoms with Gasteiger partial charge in [-0.15, -0.1) is 12.4 Å². The maximum absolute atomic E-state index is 12.7. The van der Waals surface area contributed by atoms with Crippen LogP contribution in [0.1, 0.15) is 26.2 Å². The van der Waals surface area contributed by atoms with Crippen molar-refractivity contribution in [3.8, 4) is 11.5 Å². The number of carbonyl (C=O) groups excluding carboxylic acids is 1. The van der Waals surface area contributed by atoms with E-state index in [9.17, 15) is 13.2 Å². The molecule has 1 aromatic rings. The lowest BCUT2D eigenvalue weighted by molar-refractivity contribution is -0.133. The van der Waals surface area contributed by atoms with Gasteiger partial charge in [0, 0.05) is 31.6 Å². The van der Waals surface area contributed by atoms with Gasteiger partial charge < -0.3 is 20.1 Å². The van der Waals surface area contributed by atoms with Crippen molar-refractivity contribution in [2.75, 3.05) is 26.3 Å². The number of sulfonamides is 1. The molecule has 2 aliphatic heterocycles. The summed E-state index contributed by atoms with van der Waals surface area (Å²) < 4.78 is 38.8. The van der Waals surface area contributed by atoms with Crippen LogP contribution in [0, 0.1) is 0 Å². The standard InChI is InChI=1S/C17H25N3O5S.ClH/c1-12(17(21)20-7-2-4-13(18)11-20)19-26(22,23)14-5-6-15-16(10-14)25-9-3-8-24-15;/h5-6,10,12-13,19H,2-4,7-9,11,18H2,1H3;1H. The summed E-state index contributed by atoms with van der Waals surface area (Å²) in [5.74, 6) is 0.650. The van der Waals surface area contributed by atoms with Gasteiger partial charge in [0.15, 0.2) is 11.5 Å². The molecule has 0 aliphatic carbocycles. The molecule has 1 saturated heterocycles. The molecular formula is C17H26ClN3O5S. The van der Waals surface area contributed by atoms with Crippen LogP contribution in [0.2, 0.25) is 0 Å². The minimum Gasteiger partial charge on any atom is -0.490 e. The van der Waals surface area contributed by atoms with Crippen LogP contribution in [0.25, 0.3) is 0 Å². The first-order valence-electron chi connectivity index (χ1n) is 8.83. The van der Waals surface area contributed by atoms with Gasteiger partial charge in [0.2, 0.25) is 15.9 Å². The maximum atomic E-state index is 12.7. The molecule has 0 radical (unpaired) electrons. The van der Waals surface area contributed by atoms with Crippen molar-refractivity contribution in [3.05, 3.63) is 18.2 Å². The molecule has 2 unspecified atom stereocenters. The number of hydrogen-bond acceptors (Lipinski definition) is 6. The van der Waals surface area contributed by atoms with E-state index in [1.807, 2.05) is 0 Å². The highest BCUT2D eigenvalue weighted by Gasteiger charge is 2.29. The Balaban J connectivity index is 0.00000261.